The van der Waals surface area contributed by atoms with Gasteiger partial charge in [0.1, 0.15) is 12.1 Å². The highest BCUT2D eigenvalue weighted by atomic mass is 32.2. The van der Waals surface area contributed by atoms with Gasteiger partial charge >= 0.3 is 6.03 Å². The summed E-state index contributed by atoms with van der Waals surface area (Å²) >= 11 is 0. The molecule has 2 fully saturated rings. The normalized spacial score (nSPS) is 19.6. The minimum absolute atomic E-state index is 0.0608. The fourth-order valence-electron chi connectivity index (χ4n) is 6.70. The van der Waals surface area contributed by atoms with Crippen LogP contribution in [0.2, 0.25) is 0 Å². The standard InChI is InChI=1S/C34H53N5O7S/c1-22(2)19-34(6,21-47(45,46)20-24-12-8-7-9-13-24)38-32(44)37-28(33(3,4)5)31(43)39-17-11-16-26(39)30(42)36-25(27(40)29(35)41)18-23-14-10-15-23/h7-9,12-13,22-23,25-26,28H,10-11,14-21H2,1-6H3,(H2,35,41)(H,36,42)(H2,37,38,44)/t25?,26-,28+,34?/m0/s1. The zero-order chi connectivity index (χ0) is 35.2. The summed E-state index contributed by atoms with van der Waals surface area (Å²) in [6.07, 6.45) is 4.42. The van der Waals surface area contributed by atoms with Crippen molar-refractivity contribution in [2.75, 3.05) is 12.3 Å². The number of nitrogens with zero attached hydrogens (tertiary/aromatic N) is 1. The number of rotatable bonds is 15. The summed E-state index contributed by atoms with van der Waals surface area (Å²) in [6, 6.07) is 5.15. The number of hydrogen-bond acceptors (Lipinski definition) is 7. The Morgan fingerprint density at radius 2 is 1.60 bits per heavy atom. The number of amides is 5. The molecule has 1 aromatic rings. The summed E-state index contributed by atoms with van der Waals surface area (Å²) in [6.45, 7) is 11.2. The largest absolute Gasteiger partial charge is 0.363 e. The second-order valence-corrected chi connectivity index (χ2v) is 17.2. The molecule has 4 atom stereocenters. The molecule has 0 aromatic heterocycles. The van der Waals surface area contributed by atoms with Crippen molar-refractivity contribution in [3.05, 3.63) is 35.9 Å². The van der Waals surface area contributed by atoms with Crippen LogP contribution in [0.25, 0.3) is 0 Å². The highest BCUT2D eigenvalue weighted by Crippen LogP contribution is 2.31. The third-order valence-corrected chi connectivity index (χ3v) is 10.8. The van der Waals surface area contributed by atoms with E-state index in [0.29, 0.717) is 31.2 Å². The van der Waals surface area contributed by atoms with E-state index in [2.05, 4.69) is 16.0 Å². The van der Waals surface area contributed by atoms with Crippen molar-refractivity contribution < 1.29 is 32.4 Å². The lowest BCUT2D eigenvalue weighted by Crippen LogP contribution is -2.62. The summed E-state index contributed by atoms with van der Waals surface area (Å²) < 4.78 is 26.5. The number of nitrogens with one attached hydrogen (secondary N) is 3. The predicted octanol–water partition coefficient (Wildman–Crippen LogP) is 2.84. The fraction of sp³-hybridized carbons (Fsp3) is 0.676. The van der Waals surface area contributed by atoms with Gasteiger partial charge in [-0.3, -0.25) is 19.2 Å². The van der Waals surface area contributed by atoms with Gasteiger partial charge in [0.15, 0.2) is 9.84 Å². The molecule has 12 nitrogen and oxygen atoms in total. The van der Waals surface area contributed by atoms with Crippen molar-refractivity contribution in [2.24, 2.45) is 23.0 Å². The van der Waals surface area contributed by atoms with Crippen LogP contribution < -0.4 is 21.7 Å². The third-order valence-electron chi connectivity index (χ3n) is 8.94. The summed E-state index contributed by atoms with van der Waals surface area (Å²) in [5.74, 6) is -3.17. The number of primary amides is 1. The van der Waals surface area contributed by atoms with Crippen LogP contribution in [0.15, 0.2) is 30.3 Å². The van der Waals surface area contributed by atoms with Gasteiger partial charge in [0.05, 0.1) is 23.1 Å². The van der Waals surface area contributed by atoms with E-state index < -0.39 is 68.5 Å². The Morgan fingerprint density at radius 3 is 2.13 bits per heavy atom. The Hall–Kier alpha value is -3.48. The highest BCUT2D eigenvalue weighted by Gasteiger charge is 2.44. The number of nitrogens with two attached hydrogens (primary N) is 1. The number of carbonyl (C=O) groups is 5. The Balaban J connectivity index is 1.75. The molecule has 0 radical (unpaired) electrons. The molecular weight excluding hydrogens is 622 g/mol. The van der Waals surface area contributed by atoms with Crippen LogP contribution in [-0.4, -0.2) is 78.8 Å². The van der Waals surface area contributed by atoms with E-state index in [1.165, 1.54) is 4.90 Å². The second-order valence-electron chi connectivity index (χ2n) is 15.1. The van der Waals surface area contributed by atoms with Gasteiger partial charge in [0, 0.05) is 6.54 Å². The van der Waals surface area contributed by atoms with Gasteiger partial charge in [0.25, 0.3) is 5.91 Å². The molecule has 3 rings (SSSR count). The number of urea groups is 1. The average molecular weight is 676 g/mol. The van der Waals surface area contributed by atoms with Crippen LogP contribution >= 0.6 is 0 Å². The zero-order valence-electron chi connectivity index (χ0n) is 28.6. The van der Waals surface area contributed by atoms with Gasteiger partial charge in [-0.2, -0.15) is 0 Å². The quantitative estimate of drug-likeness (QED) is 0.206. The molecule has 1 aliphatic carbocycles. The van der Waals surface area contributed by atoms with Gasteiger partial charge in [-0.25, -0.2) is 13.2 Å². The van der Waals surface area contributed by atoms with Gasteiger partial charge in [0.2, 0.25) is 17.6 Å². The van der Waals surface area contributed by atoms with Crippen molar-refractivity contribution >= 4 is 39.4 Å². The van der Waals surface area contributed by atoms with Gasteiger partial charge < -0.3 is 26.6 Å². The molecule has 0 bridgehead atoms. The Kier molecular flexibility index (Phi) is 12.6. The first kappa shape index (κ1) is 38.0. The van der Waals surface area contributed by atoms with Crippen LogP contribution in [0, 0.1) is 17.3 Å². The third kappa shape index (κ3) is 11.0. The lowest BCUT2D eigenvalue weighted by Gasteiger charge is -2.37. The number of sulfone groups is 1. The molecule has 262 valence electrons. The minimum Gasteiger partial charge on any atom is -0.363 e. The van der Waals surface area contributed by atoms with Crippen LogP contribution in [-0.2, 0) is 34.8 Å². The monoisotopic (exact) mass is 675 g/mol. The summed E-state index contributed by atoms with van der Waals surface area (Å²) in [5.41, 5.74) is 4.01. The van der Waals surface area contributed by atoms with E-state index in [4.69, 9.17) is 5.73 Å². The first-order chi connectivity index (χ1) is 21.8. The number of Topliss-reactive ketones (excluding diaryl/α,β-unsaturated/α-hetero) is 1. The summed E-state index contributed by atoms with van der Waals surface area (Å²) in [4.78, 5) is 66.7. The lowest BCUT2D eigenvalue weighted by molar-refractivity contribution is -0.143. The van der Waals surface area contributed by atoms with Gasteiger partial charge in [-0.15, -0.1) is 0 Å². The van der Waals surface area contributed by atoms with Gasteiger partial charge in [-0.05, 0) is 55.4 Å². The summed E-state index contributed by atoms with van der Waals surface area (Å²) in [5, 5.41) is 8.35. The molecule has 5 amide bonds. The maximum Gasteiger partial charge on any atom is 0.315 e. The lowest BCUT2D eigenvalue weighted by atomic mass is 9.80. The SMILES string of the molecule is CC(C)CC(C)(CS(=O)(=O)Cc1ccccc1)NC(=O)N[C@H](C(=O)N1CCC[C@H]1C(=O)NC(CC1CCC1)C(=O)C(N)=O)C(C)(C)C. The molecule has 0 spiro atoms. The van der Waals surface area contributed by atoms with Crippen LogP contribution in [0.1, 0.15) is 92.1 Å². The highest BCUT2D eigenvalue weighted by molar-refractivity contribution is 7.90. The first-order valence-corrected chi connectivity index (χ1v) is 18.4. The van der Waals surface area contributed by atoms with Crippen molar-refractivity contribution in [1.29, 1.82) is 0 Å². The molecule has 2 aliphatic rings. The number of hydrogen-bond donors (Lipinski definition) is 4. The molecule has 13 heteroatoms. The van der Waals surface area contributed by atoms with Gasteiger partial charge in [-0.1, -0.05) is 84.2 Å². The van der Waals surface area contributed by atoms with Crippen molar-refractivity contribution in [3.8, 4) is 0 Å². The second kappa shape index (κ2) is 15.6. The number of ketones is 1. The average Bonchev–Trinajstić information content (AvgIpc) is 3.41. The molecule has 47 heavy (non-hydrogen) atoms. The van der Waals surface area contributed by atoms with Crippen molar-refractivity contribution in [1.82, 2.24) is 20.9 Å². The topological polar surface area (TPSA) is 185 Å². The molecule has 1 aromatic carbocycles. The molecule has 1 saturated heterocycles. The van der Waals surface area contributed by atoms with E-state index in [9.17, 15) is 32.4 Å². The number of likely N-dealkylation sites (tertiary alicyclic amines) is 1. The van der Waals surface area contributed by atoms with E-state index in [0.717, 1.165) is 19.3 Å². The van der Waals surface area contributed by atoms with Crippen LogP contribution in [0.4, 0.5) is 4.79 Å². The van der Waals surface area contributed by atoms with E-state index in [1.54, 1.807) is 52.0 Å². The molecule has 5 N–H and O–H groups in total. The molecule has 1 saturated carbocycles. The Morgan fingerprint density at radius 1 is 0.957 bits per heavy atom. The molecule has 1 heterocycles. The minimum atomic E-state index is -3.63. The molecule has 1 aliphatic heterocycles. The Labute approximate surface area is 279 Å². The maximum absolute atomic E-state index is 14.0. The first-order valence-electron chi connectivity index (χ1n) is 16.6. The zero-order valence-corrected chi connectivity index (χ0v) is 29.5. The van der Waals surface area contributed by atoms with Crippen LogP contribution in [0.5, 0.6) is 0 Å². The summed E-state index contributed by atoms with van der Waals surface area (Å²) in [7, 11) is -3.63. The van der Waals surface area contributed by atoms with E-state index >= 15 is 0 Å². The smallest absolute Gasteiger partial charge is 0.315 e. The predicted molar refractivity (Wildman–Crippen MR) is 180 cm³/mol. The number of carbonyl (C=O) groups excluding carboxylic acids is 5. The Bertz CT molecular complexity index is 1410. The van der Waals surface area contributed by atoms with Crippen LogP contribution in [0.3, 0.4) is 0 Å². The fourth-order valence-corrected chi connectivity index (χ4v) is 8.67. The van der Waals surface area contributed by atoms with E-state index in [-0.39, 0.29) is 29.9 Å². The van der Waals surface area contributed by atoms with E-state index in [1.807, 2.05) is 19.9 Å². The maximum atomic E-state index is 14.0. The van der Waals surface area contributed by atoms with Crippen molar-refractivity contribution in [2.45, 2.75) is 116 Å². The number of benzene rings is 1. The molecule has 2 unspecified atom stereocenters. The van der Waals surface area contributed by atoms with Crippen molar-refractivity contribution in [3.63, 3.8) is 0 Å². The molecular formula is C34H53N5O7S.